The van der Waals surface area contributed by atoms with E-state index in [1.165, 1.54) is 0 Å². The number of hydrogen-bond donors (Lipinski definition) is 2. The molecule has 3 aromatic heterocycles. The molecule has 4 aromatic rings. The molecule has 0 aliphatic carbocycles. The summed E-state index contributed by atoms with van der Waals surface area (Å²) < 4.78 is 5.84. The molecule has 140 valence electrons. The number of halogens is 1. The van der Waals surface area contributed by atoms with Crippen molar-refractivity contribution in [2.45, 2.75) is 6.92 Å². The number of benzene rings is 1. The second-order valence-electron chi connectivity index (χ2n) is 6.14. The summed E-state index contributed by atoms with van der Waals surface area (Å²) in [6, 6.07) is 9.35. The standard InChI is InChI=1S/C20H16BrN5O2/c1-11-6-7-22-10-15(11)24-20(27)16-14(21)9-23-19-17(16)25-18(26-19)12-4-3-5-13(8-12)28-2/h3-10H,1-2H3,(H,24,27)(H,23,25,26). The van der Waals surface area contributed by atoms with Crippen molar-refractivity contribution in [3.8, 4) is 17.1 Å². The summed E-state index contributed by atoms with van der Waals surface area (Å²) in [5.74, 6) is 1.04. The number of nitrogens with one attached hydrogen (secondary N) is 2. The van der Waals surface area contributed by atoms with Crippen LogP contribution in [0.1, 0.15) is 15.9 Å². The van der Waals surface area contributed by atoms with Crippen LogP contribution in [-0.2, 0) is 0 Å². The van der Waals surface area contributed by atoms with Crippen LogP contribution in [-0.4, -0.2) is 33.0 Å². The number of imidazole rings is 1. The number of rotatable bonds is 4. The number of nitrogens with zero attached hydrogens (tertiary/aromatic N) is 3. The first-order chi connectivity index (χ1) is 13.6. The van der Waals surface area contributed by atoms with Gasteiger partial charge in [0.25, 0.3) is 5.91 Å². The van der Waals surface area contributed by atoms with E-state index in [0.717, 1.165) is 16.9 Å². The monoisotopic (exact) mass is 437 g/mol. The lowest BCUT2D eigenvalue weighted by molar-refractivity contribution is 0.102. The zero-order valence-electron chi connectivity index (χ0n) is 15.2. The Labute approximate surface area is 169 Å². The van der Waals surface area contributed by atoms with Gasteiger partial charge in [-0.15, -0.1) is 0 Å². The Balaban J connectivity index is 1.78. The number of fused-ring (bicyclic) bond motifs is 1. The van der Waals surface area contributed by atoms with Gasteiger partial charge in [0.15, 0.2) is 5.65 Å². The molecule has 28 heavy (non-hydrogen) atoms. The second kappa shape index (κ2) is 7.40. The molecule has 0 bridgehead atoms. The Kier molecular flexibility index (Phi) is 4.79. The quantitative estimate of drug-likeness (QED) is 0.494. The molecule has 0 atom stereocenters. The fourth-order valence-corrected chi connectivity index (χ4v) is 3.32. The summed E-state index contributed by atoms with van der Waals surface area (Å²) in [6.07, 6.45) is 4.87. The molecule has 4 rings (SSSR count). The third-order valence-electron chi connectivity index (χ3n) is 4.33. The molecule has 0 spiro atoms. The molecule has 7 nitrogen and oxygen atoms in total. The first kappa shape index (κ1) is 18.1. The van der Waals surface area contributed by atoms with Crippen molar-refractivity contribution in [1.82, 2.24) is 19.9 Å². The van der Waals surface area contributed by atoms with Gasteiger partial charge in [-0.1, -0.05) is 12.1 Å². The number of ether oxygens (including phenoxy) is 1. The molecule has 1 aromatic carbocycles. The molecular formula is C20H16BrN5O2. The number of aryl methyl sites for hydroxylation is 1. The normalized spacial score (nSPS) is 10.8. The van der Waals surface area contributed by atoms with E-state index in [1.807, 2.05) is 37.3 Å². The predicted molar refractivity (Wildman–Crippen MR) is 111 cm³/mol. The lowest BCUT2D eigenvalue weighted by atomic mass is 10.2. The Morgan fingerprint density at radius 2 is 2.11 bits per heavy atom. The first-order valence-corrected chi connectivity index (χ1v) is 9.26. The number of carbonyl (C=O) groups excluding carboxylic acids is 1. The number of carbonyl (C=O) groups is 1. The zero-order valence-corrected chi connectivity index (χ0v) is 16.7. The highest BCUT2D eigenvalue weighted by atomic mass is 79.9. The number of pyridine rings is 2. The average Bonchev–Trinajstić information content (AvgIpc) is 3.13. The average molecular weight is 438 g/mol. The van der Waals surface area contributed by atoms with Crippen molar-refractivity contribution in [1.29, 1.82) is 0 Å². The highest BCUT2D eigenvalue weighted by molar-refractivity contribution is 9.10. The van der Waals surface area contributed by atoms with E-state index in [9.17, 15) is 4.79 Å². The van der Waals surface area contributed by atoms with Gasteiger partial charge < -0.3 is 15.0 Å². The molecule has 0 fully saturated rings. The van der Waals surface area contributed by atoms with E-state index in [-0.39, 0.29) is 5.91 Å². The lowest BCUT2D eigenvalue weighted by Crippen LogP contribution is -2.14. The van der Waals surface area contributed by atoms with Crippen molar-refractivity contribution in [3.63, 3.8) is 0 Å². The van der Waals surface area contributed by atoms with Crippen molar-refractivity contribution in [2.75, 3.05) is 12.4 Å². The number of amides is 1. The van der Waals surface area contributed by atoms with Crippen LogP contribution in [0.5, 0.6) is 5.75 Å². The van der Waals surface area contributed by atoms with E-state index in [4.69, 9.17) is 4.74 Å². The molecule has 1 amide bonds. The molecule has 2 N–H and O–H groups in total. The number of methoxy groups -OCH3 is 1. The lowest BCUT2D eigenvalue weighted by Gasteiger charge is -2.09. The summed E-state index contributed by atoms with van der Waals surface area (Å²) in [5, 5.41) is 2.90. The van der Waals surface area contributed by atoms with E-state index >= 15 is 0 Å². The molecule has 0 saturated carbocycles. The van der Waals surface area contributed by atoms with Gasteiger partial charge in [-0.2, -0.15) is 0 Å². The molecule has 8 heteroatoms. The van der Waals surface area contributed by atoms with Crippen molar-refractivity contribution in [2.24, 2.45) is 0 Å². The maximum Gasteiger partial charge on any atom is 0.259 e. The van der Waals surface area contributed by atoms with E-state index in [2.05, 4.69) is 41.2 Å². The summed E-state index contributed by atoms with van der Waals surface area (Å²) in [5.41, 5.74) is 3.83. The molecule has 0 saturated heterocycles. The Morgan fingerprint density at radius 3 is 2.89 bits per heavy atom. The molecule has 0 unspecified atom stereocenters. The van der Waals surface area contributed by atoms with Gasteiger partial charge in [-0.25, -0.2) is 9.97 Å². The largest absolute Gasteiger partial charge is 0.497 e. The van der Waals surface area contributed by atoms with Gasteiger partial charge in [-0.05, 0) is 46.6 Å². The van der Waals surface area contributed by atoms with E-state index < -0.39 is 0 Å². The second-order valence-corrected chi connectivity index (χ2v) is 7.00. The van der Waals surface area contributed by atoms with Gasteiger partial charge in [0.2, 0.25) is 0 Å². The van der Waals surface area contributed by atoms with Crippen LogP contribution in [0.2, 0.25) is 0 Å². The minimum atomic E-state index is -0.281. The van der Waals surface area contributed by atoms with E-state index in [0.29, 0.717) is 32.7 Å². The summed E-state index contributed by atoms with van der Waals surface area (Å²) in [4.78, 5) is 29.1. The van der Waals surface area contributed by atoms with Crippen LogP contribution in [0.15, 0.2) is 53.4 Å². The minimum absolute atomic E-state index is 0.281. The van der Waals surface area contributed by atoms with Crippen molar-refractivity contribution in [3.05, 3.63) is 64.5 Å². The van der Waals surface area contributed by atoms with Gasteiger partial charge in [0.1, 0.15) is 11.6 Å². The fourth-order valence-electron chi connectivity index (χ4n) is 2.84. The molecular weight excluding hydrogens is 422 g/mol. The zero-order chi connectivity index (χ0) is 19.7. The summed E-state index contributed by atoms with van der Waals surface area (Å²) in [7, 11) is 1.61. The number of hydrogen-bond acceptors (Lipinski definition) is 5. The smallest absolute Gasteiger partial charge is 0.259 e. The minimum Gasteiger partial charge on any atom is -0.497 e. The number of anilines is 1. The summed E-state index contributed by atoms with van der Waals surface area (Å²) in [6.45, 7) is 1.91. The van der Waals surface area contributed by atoms with Gasteiger partial charge >= 0.3 is 0 Å². The third-order valence-corrected chi connectivity index (χ3v) is 4.93. The van der Waals surface area contributed by atoms with Gasteiger partial charge in [0.05, 0.1) is 34.5 Å². The van der Waals surface area contributed by atoms with Crippen LogP contribution in [0.3, 0.4) is 0 Å². The van der Waals surface area contributed by atoms with Crippen molar-refractivity contribution >= 4 is 38.7 Å². The molecule has 3 heterocycles. The topological polar surface area (TPSA) is 92.8 Å². The van der Waals surface area contributed by atoms with Gasteiger partial charge in [-0.3, -0.25) is 9.78 Å². The molecule has 0 aliphatic heterocycles. The van der Waals surface area contributed by atoms with Crippen molar-refractivity contribution < 1.29 is 9.53 Å². The molecule has 0 radical (unpaired) electrons. The maximum atomic E-state index is 13.0. The van der Waals surface area contributed by atoms with Crippen LogP contribution in [0.4, 0.5) is 5.69 Å². The van der Waals surface area contributed by atoms with Gasteiger partial charge in [0, 0.05) is 18.0 Å². The van der Waals surface area contributed by atoms with E-state index in [1.54, 1.807) is 25.7 Å². The summed E-state index contributed by atoms with van der Waals surface area (Å²) >= 11 is 3.43. The number of aromatic amines is 1. The Bertz CT molecular complexity index is 1190. The highest BCUT2D eigenvalue weighted by Crippen LogP contribution is 2.28. The SMILES string of the molecule is COc1cccc(-c2nc3ncc(Br)c(C(=O)Nc4cnccc4C)c3[nH]2)c1. The predicted octanol–water partition coefficient (Wildman–Crippen LogP) is 4.35. The van der Waals surface area contributed by atoms with Crippen LogP contribution in [0.25, 0.3) is 22.6 Å². The Morgan fingerprint density at radius 1 is 1.25 bits per heavy atom. The van der Waals surface area contributed by atoms with Crippen LogP contribution >= 0.6 is 15.9 Å². The maximum absolute atomic E-state index is 13.0. The third kappa shape index (κ3) is 3.34. The van der Waals surface area contributed by atoms with Crippen LogP contribution < -0.4 is 10.1 Å². The number of H-pyrrole nitrogens is 1. The Hall–Kier alpha value is -3.26. The first-order valence-electron chi connectivity index (χ1n) is 8.47. The molecule has 0 aliphatic rings. The number of aromatic nitrogens is 4. The van der Waals surface area contributed by atoms with Crippen LogP contribution in [0, 0.1) is 6.92 Å². The highest BCUT2D eigenvalue weighted by Gasteiger charge is 2.19. The fraction of sp³-hybridized carbons (Fsp3) is 0.100.